The highest BCUT2D eigenvalue weighted by molar-refractivity contribution is 5.79. The lowest BCUT2D eigenvalue weighted by molar-refractivity contribution is -0.130. The van der Waals surface area contributed by atoms with Crippen LogP contribution >= 0.6 is 0 Å². The van der Waals surface area contributed by atoms with Crippen LogP contribution in [-0.2, 0) is 16.0 Å². The molecule has 1 aliphatic rings. The molecular weight excluding hydrogens is 380 g/mol. The van der Waals surface area contributed by atoms with E-state index in [1.165, 1.54) is 5.56 Å². The Morgan fingerprint density at radius 2 is 1.80 bits per heavy atom. The van der Waals surface area contributed by atoms with Gasteiger partial charge in [-0.2, -0.15) is 0 Å². The van der Waals surface area contributed by atoms with Gasteiger partial charge in [0.05, 0.1) is 39.9 Å². The molecule has 6 nitrogen and oxygen atoms in total. The fourth-order valence-corrected chi connectivity index (χ4v) is 3.85. The first-order valence-electron chi connectivity index (χ1n) is 10.3. The van der Waals surface area contributed by atoms with Crippen LogP contribution in [0.2, 0.25) is 0 Å². The molecule has 30 heavy (non-hydrogen) atoms. The van der Waals surface area contributed by atoms with Crippen molar-refractivity contribution >= 4 is 5.91 Å². The minimum absolute atomic E-state index is 0.0747. The first-order valence-corrected chi connectivity index (χ1v) is 10.3. The Morgan fingerprint density at radius 1 is 1.10 bits per heavy atom. The van der Waals surface area contributed by atoms with Gasteiger partial charge in [-0.25, -0.2) is 0 Å². The van der Waals surface area contributed by atoms with Crippen molar-refractivity contribution in [2.75, 3.05) is 54.1 Å². The summed E-state index contributed by atoms with van der Waals surface area (Å²) in [4.78, 5) is 17.3. The second-order valence-electron chi connectivity index (χ2n) is 7.70. The van der Waals surface area contributed by atoms with Crippen LogP contribution in [0.4, 0.5) is 0 Å². The second kappa shape index (κ2) is 10.5. The van der Waals surface area contributed by atoms with E-state index in [0.717, 1.165) is 35.7 Å². The van der Waals surface area contributed by atoms with Crippen molar-refractivity contribution in [3.05, 3.63) is 59.2 Å². The van der Waals surface area contributed by atoms with Gasteiger partial charge in [-0.1, -0.05) is 29.8 Å². The number of hydrogen-bond acceptors (Lipinski definition) is 5. The van der Waals surface area contributed by atoms with E-state index >= 15 is 0 Å². The Balaban J connectivity index is 1.75. The minimum Gasteiger partial charge on any atom is -0.497 e. The summed E-state index contributed by atoms with van der Waals surface area (Å²) in [6.07, 6.45) is 0.319. The van der Waals surface area contributed by atoms with E-state index in [-0.39, 0.29) is 11.9 Å². The molecule has 2 aromatic carbocycles. The first kappa shape index (κ1) is 22.1. The Hall–Kier alpha value is -2.57. The van der Waals surface area contributed by atoms with Crippen LogP contribution in [-0.4, -0.2) is 69.8 Å². The molecule has 0 N–H and O–H groups in total. The normalized spacial score (nSPS) is 15.5. The van der Waals surface area contributed by atoms with Crippen LogP contribution < -0.4 is 9.47 Å². The summed E-state index contributed by atoms with van der Waals surface area (Å²) in [5.74, 6) is 1.66. The molecule has 1 aliphatic heterocycles. The molecule has 0 aromatic heterocycles. The second-order valence-corrected chi connectivity index (χ2v) is 7.70. The Labute approximate surface area is 179 Å². The monoisotopic (exact) mass is 412 g/mol. The zero-order valence-corrected chi connectivity index (χ0v) is 18.4. The van der Waals surface area contributed by atoms with Gasteiger partial charge < -0.3 is 19.1 Å². The molecule has 0 unspecified atom stereocenters. The van der Waals surface area contributed by atoms with Gasteiger partial charge in [0.15, 0.2) is 0 Å². The molecule has 2 aromatic rings. The van der Waals surface area contributed by atoms with Gasteiger partial charge in [-0.05, 0) is 30.7 Å². The number of hydrogen-bond donors (Lipinski definition) is 0. The third kappa shape index (κ3) is 5.52. The standard InChI is InChI=1S/C24H32N2O4/c1-18-5-10-23(29-4)20(15-18)16-24(27)25(2)17-22(26-11-13-30-14-12-26)19-6-8-21(28-3)9-7-19/h5-10,15,22H,11-14,16-17H2,1-4H3/t22-/m0/s1. The topological polar surface area (TPSA) is 51.2 Å². The van der Waals surface area contributed by atoms with Crippen LogP contribution in [0.1, 0.15) is 22.7 Å². The highest BCUT2D eigenvalue weighted by atomic mass is 16.5. The van der Waals surface area contributed by atoms with Crippen LogP contribution in [0.3, 0.4) is 0 Å². The van der Waals surface area contributed by atoms with E-state index in [9.17, 15) is 4.79 Å². The minimum atomic E-state index is 0.0747. The first-order chi connectivity index (χ1) is 14.5. The molecule has 0 aliphatic carbocycles. The zero-order chi connectivity index (χ0) is 21.5. The predicted molar refractivity (Wildman–Crippen MR) is 117 cm³/mol. The molecule has 162 valence electrons. The van der Waals surface area contributed by atoms with E-state index in [2.05, 4.69) is 17.0 Å². The van der Waals surface area contributed by atoms with Crippen LogP contribution in [0.25, 0.3) is 0 Å². The highest BCUT2D eigenvalue weighted by Crippen LogP contribution is 2.26. The maximum absolute atomic E-state index is 13.0. The fourth-order valence-electron chi connectivity index (χ4n) is 3.85. The number of carbonyl (C=O) groups is 1. The molecule has 0 radical (unpaired) electrons. The molecule has 1 saturated heterocycles. The average Bonchev–Trinajstić information content (AvgIpc) is 2.78. The highest BCUT2D eigenvalue weighted by Gasteiger charge is 2.26. The SMILES string of the molecule is COc1ccc([C@H](CN(C)C(=O)Cc2cc(C)ccc2OC)N2CCOCC2)cc1. The van der Waals surface area contributed by atoms with Crippen molar-refractivity contribution in [1.82, 2.24) is 9.80 Å². The average molecular weight is 413 g/mol. The van der Waals surface area contributed by atoms with Gasteiger partial charge in [0.1, 0.15) is 11.5 Å². The number of carbonyl (C=O) groups excluding carboxylic acids is 1. The largest absolute Gasteiger partial charge is 0.497 e. The number of likely N-dealkylation sites (N-methyl/N-ethyl adjacent to an activating group) is 1. The number of amides is 1. The van der Waals surface area contributed by atoms with Crippen LogP contribution in [0, 0.1) is 6.92 Å². The summed E-state index contributed by atoms with van der Waals surface area (Å²) >= 11 is 0. The van der Waals surface area contributed by atoms with Crippen molar-refractivity contribution in [3.63, 3.8) is 0 Å². The molecule has 0 spiro atoms. The van der Waals surface area contributed by atoms with Crippen molar-refractivity contribution in [1.29, 1.82) is 0 Å². The Kier molecular flexibility index (Phi) is 7.71. The molecule has 6 heteroatoms. The van der Waals surface area contributed by atoms with Gasteiger partial charge in [-0.15, -0.1) is 0 Å². The number of methoxy groups -OCH3 is 2. The lowest BCUT2D eigenvalue weighted by Gasteiger charge is -2.37. The lowest BCUT2D eigenvalue weighted by Crippen LogP contribution is -2.44. The van der Waals surface area contributed by atoms with Gasteiger partial charge in [0.25, 0.3) is 0 Å². The predicted octanol–water partition coefficient (Wildman–Crippen LogP) is 3.09. The zero-order valence-electron chi connectivity index (χ0n) is 18.4. The molecule has 1 amide bonds. The molecule has 3 rings (SSSR count). The third-order valence-corrected chi connectivity index (χ3v) is 5.64. The van der Waals surface area contributed by atoms with E-state index in [0.29, 0.717) is 26.2 Å². The van der Waals surface area contributed by atoms with E-state index in [4.69, 9.17) is 14.2 Å². The van der Waals surface area contributed by atoms with Crippen molar-refractivity contribution in [2.45, 2.75) is 19.4 Å². The number of ether oxygens (including phenoxy) is 3. The Bertz CT molecular complexity index is 832. The maximum atomic E-state index is 13.0. The number of benzene rings is 2. The van der Waals surface area contributed by atoms with E-state index in [1.54, 1.807) is 14.2 Å². The molecular formula is C24H32N2O4. The van der Waals surface area contributed by atoms with Gasteiger partial charge in [0.2, 0.25) is 5.91 Å². The molecule has 0 saturated carbocycles. The van der Waals surface area contributed by atoms with Crippen LogP contribution in [0.15, 0.2) is 42.5 Å². The summed E-state index contributed by atoms with van der Waals surface area (Å²) in [7, 11) is 5.18. The quantitative estimate of drug-likeness (QED) is 0.667. The summed E-state index contributed by atoms with van der Waals surface area (Å²) < 4.78 is 16.3. The van der Waals surface area contributed by atoms with Crippen molar-refractivity contribution in [3.8, 4) is 11.5 Å². The van der Waals surface area contributed by atoms with Gasteiger partial charge in [0, 0.05) is 32.2 Å². The summed E-state index contributed by atoms with van der Waals surface area (Å²) in [5, 5.41) is 0. The lowest BCUT2D eigenvalue weighted by atomic mass is 10.0. The summed E-state index contributed by atoms with van der Waals surface area (Å²) in [5.41, 5.74) is 3.21. The molecule has 0 bridgehead atoms. The summed E-state index contributed by atoms with van der Waals surface area (Å²) in [6.45, 7) is 5.76. The maximum Gasteiger partial charge on any atom is 0.226 e. The van der Waals surface area contributed by atoms with E-state index in [1.807, 2.05) is 49.2 Å². The van der Waals surface area contributed by atoms with Gasteiger partial charge >= 0.3 is 0 Å². The number of rotatable bonds is 8. The fraction of sp³-hybridized carbons (Fsp3) is 0.458. The van der Waals surface area contributed by atoms with Crippen LogP contribution in [0.5, 0.6) is 11.5 Å². The molecule has 1 fully saturated rings. The molecule has 1 atom stereocenters. The number of morpholine rings is 1. The van der Waals surface area contributed by atoms with E-state index < -0.39 is 0 Å². The summed E-state index contributed by atoms with van der Waals surface area (Å²) in [6, 6.07) is 14.2. The van der Waals surface area contributed by atoms with Crippen molar-refractivity contribution < 1.29 is 19.0 Å². The number of nitrogens with zero attached hydrogens (tertiary/aromatic N) is 2. The third-order valence-electron chi connectivity index (χ3n) is 5.64. The number of aryl methyl sites for hydroxylation is 1. The Morgan fingerprint density at radius 3 is 2.43 bits per heavy atom. The van der Waals surface area contributed by atoms with Crippen molar-refractivity contribution in [2.24, 2.45) is 0 Å². The molecule has 1 heterocycles. The van der Waals surface area contributed by atoms with Gasteiger partial charge in [-0.3, -0.25) is 9.69 Å². The smallest absolute Gasteiger partial charge is 0.226 e.